The summed E-state index contributed by atoms with van der Waals surface area (Å²) in [4.78, 5) is 33.9. The van der Waals surface area contributed by atoms with E-state index in [1.807, 2.05) is 13.1 Å². The van der Waals surface area contributed by atoms with Gasteiger partial charge in [0.2, 0.25) is 0 Å². The van der Waals surface area contributed by atoms with Crippen LogP contribution in [0, 0.1) is 0 Å². The fourth-order valence-corrected chi connectivity index (χ4v) is 3.36. The Labute approximate surface area is 173 Å². The molecule has 1 aliphatic heterocycles. The Hall–Kier alpha value is -3.37. The average molecular weight is 420 g/mol. The fraction of sp³-hybridized carbons (Fsp3) is 0.350. The van der Waals surface area contributed by atoms with Gasteiger partial charge in [0.25, 0.3) is 0 Å². The van der Waals surface area contributed by atoms with Crippen LogP contribution in [-0.2, 0) is 16.0 Å². The van der Waals surface area contributed by atoms with Gasteiger partial charge in [-0.3, -0.25) is 0 Å². The van der Waals surface area contributed by atoms with Gasteiger partial charge in [0, 0.05) is 41.2 Å². The number of amides is 2. The first-order valence-electron chi connectivity index (χ1n) is 9.23. The number of H-pyrrole nitrogens is 1. The van der Waals surface area contributed by atoms with Gasteiger partial charge in [-0.2, -0.15) is 0 Å². The maximum atomic E-state index is 11.5. The van der Waals surface area contributed by atoms with Gasteiger partial charge in [0.1, 0.15) is 0 Å². The highest BCUT2D eigenvalue weighted by Gasteiger charge is 2.33. The van der Waals surface area contributed by atoms with Crippen molar-refractivity contribution >= 4 is 28.9 Å². The van der Waals surface area contributed by atoms with E-state index in [9.17, 15) is 14.4 Å². The summed E-state index contributed by atoms with van der Waals surface area (Å²) in [5.41, 5.74) is 9.30. The Balaban J connectivity index is 0.000000431. The zero-order valence-corrected chi connectivity index (χ0v) is 16.8. The molecule has 3 atom stereocenters. The third-order valence-electron chi connectivity index (χ3n) is 4.83. The summed E-state index contributed by atoms with van der Waals surface area (Å²) in [5.74, 6) is -2.26. The predicted octanol–water partition coefficient (Wildman–Crippen LogP) is 0.730. The van der Waals surface area contributed by atoms with Gasteiger partial charge < -0.3 is 37.0 Å². The van der Waals surface area contributed by atoms with Crippen molar-refractivity contribution in [2.75, 3.05) is 6.54 Å². The number of nitrogens with one attached hydrogen (secondary N) is 3. The van der Waals surface area contributed by atoms with Gasteiger partial charge in [0.15, 0.2) is 0 Å². The molecule has 9 N–H and O–H groups in total. The Morgan fingerprint density at radius 2 is 1.83 bits per heavy atom. The Bertz CT molecular complexity index is 907. The second-order valence-corrected chi connectivity index (χ2v) is 6.89. The molecule has 0 aliphatic carbocycles. The minimum atomic E-state index is -1.26. The highest BCUT2D eigenvalue weighted by atomic mass is 16.4. The number of fused-ring (bicyclic) bond motifs is 1. The Morgan fingerprint density at radius 3 is 2.33 bits per heavy atom. The molecule has 164 valence electrons. The van der Waals surface area contributed by atoms with Crippen molar-refractivity contribution in [2.45, 2.75) is 38.3 Å². The molecule has 2 aromatic rings. The van der Waals surface area contributed by atoms with Crippen molar-refractivity contribution in [2.24, 2.45) is 5.73 Å². The number of urea groups is 1. The zero-order chi connectivity index (χ0) is 21.6. The second kappa shape index (κ2) is 11.0. The van der Waals surface area contributed by atoms with E-state index in [0.717, 1.165) is 11.9 Å². The van der Waals surface area contributed by atoms with Crippen LogP contribution in [0.2, 0.25) is 0 Å². The number of aromatic nitrogens is 1. The number of carboxylic acids is 2. The minimum Gasteiger partial charge on any atom is -0.478 e. The van der Waals surface area contributed by atoms with Crippen LogP contribution in [0.5, 0.6) is 0 Å². The maximum absolute atomic E-state index is 11.5. The number of aliphatic carboxylic acids is 2. The van der Waals surface area contributed by atoms with Gasteiger partial charge >= 0.3 is 18.0 Å². The molecule has 2 amide bonds. The molecule has 30 heavy (non-hydrogen) atoms. The van der Waals surface area contributed by atoms with Gasteiger partial charge in [-0.15, -0.1) is 0 Å². The number of carboxylic acid groups (broad SMARTS) is 2. The number of carbonyl (C=O) groups is 3. The molecule has 1 aromatic carbocycles. The molecule has 2 heterocycles. The number of aromatic amines is 1. The molecule has 0 saturated carbocycles. The third kappa shape index (κ3) is 6.33. The topological polar surface area (TPSA) is 189 Å². The summed E-state index contributed by atoms with van der Waals surface area (Å²) in [5, 5.41) is 22.8. The molecule has 1 aromatic heterocycles. The predicted molar refractivity (Wildman–Crippen MR) is 112 cm³/mol. The highest BCUT2D eigenvalue weighted by molar-refractivity contribution is 5.89. The Morgan fingerprint density at radius 1 is 1.20 bits per heavy atom. The summed E-state index contributed by atoms with van der Waals surface area (Å²) in [7, 11) is 0. The molecule has 1 fully saturated rings. The largest absolute Gasteiger partial charge is 0.478 e. The van der Waals surface area contributed by atoms with Crippen LogP contribution in [0.4, 0.5) is 4.79 Å². The number of rotatable bonds is 6. The van der Waals surface area contributed by atoms with Crippen LogP contribution < -0.4 is 16.4 Å². The summed E-state index contributed by atoms with van der Waals surface area (Å²) in [6, 6.07) is 6.64. The monoisotopic (exact) mass is 420 g/mol. The van der Waals surface area contributed by atoms with Crippen LogP contribution in [0.25, 0.3) is 10.9 Å². The van der Waals surface area contributed by atoms with E-state index in [2.05, 4.69) is 40.7 Å². The highest BCUT2D eigenvalue weighted by Crippen LogP contribution is 2.28. The van der Waals surface area contributed by atoms with Crippen molar-refractivity contribution in [1.29, 1.82) is 0 Å². The van der Waals surface area contributed by atoms with Crippen molar-refractivity contribution in [3.8, 4) is 0 Å². The molecule has 3 unspecified atom stereocenters. The van der Waals surface area contributed by atoms with Gasteiger partial charge in [-0.1, -0.05) is 13.0 Å². The summed E-state index contributed by atoms with van der Waals surface area (Å²) in [6.07, 6.45) is 4.02. The van der Waals surface area contributed by atoms with Gasteiger partial charge in [-0.05, 0) is 43.1 Å². The molecule has 3 rings (SSSR count). The zero-order valence-electron chi connectivity index (χ0n) is 16.8. The lowest BCUT2D eigenvalue weighted by molar-refractivity contribution is -0.134. The van der Waals surface area contributed by atoms with E-state index in [-0.39, 0.29) is 29.5 Å². The second-order valence-electron chi connectivity index (χ2n) is 6.89. The third-order valence-corrected chi connectivity index (χ3v) is 4.83. The lowest BCUT2D eigenvalue weighted by atomic mass is 9.89. The molecule has 0 bridgehead atoms. The van der Waals surface area contributed by atoms with E-state index in [1.54, 1.807) is 0 Å². The van der Waals surface area contributed by atoms with E-state index in [1.165, 1.54) is 16.5 Å². The summed E-state index contributed by atoms with van der Waals surface area (Å²) >= 11 is 0. The smallest absolute Gasteiger partial charge is 0.328 e. The number of benzene rings is 1. The van der Waals surface area contributed by atoms with Gasteiger partial charge in [-0.25, -0.2) is 14.4 Å². The fourth-order valence-electron chi connectivity index (χ4n) is 3.36. The molecular weight excluding hydrogens is 392 g/mol. The number of hydrogen-bond acceptors (Lipinski definition) is 4. The van der Waals surface area contributed by atoms with Crippen molar-refractivity contribution in [3.63, 3.8) is 0 Å². The van der Waals surface area contributed by atoms with Crippen LogP contribution in [-0.4, -0.2) is 57.3 Å². The van der Waals surface area contributed by atoms with E-state index >= 15 is 0 Å². The van der Waals surface area contributed by atoms with E-state index in [4.69, 9.17) is 15.9 Å². The SMILES string of the molecule is CC1NC(=O)NC1C(C)c1ccc2[nH]cc(CCN)c2c1.O.O=C(O)C=CC(=O)O. The van der Waals surface area contributed by atoms with Crippen LogP contribution in [0.15, 0.2) is 36.5 Å². The first kappa shape index (κ1) is 24.7. The minimum absolute atomic E-state index is 0. The molecule has 1 saturated heterocycles. The first-order chi connectivity index (χ1) is 13.7. The average Bonchev–Trinajstić information content (AvgIpc) is 3.22. The Kier molecular flexibility index (Phi) is 9.03. The van der Waals surface area contributed by atoms with Crippen LogP contribution in [0.1, 0.15) is 30.9 Å². The molecule has 0 radical (unpaired) electrons. The number of carbonyl (C=O) groups excluding carboxylic acids is 1. The quantitative estimate of drug-likeness (QED) is 0.373. The van der Waals surface area contributed by atoms with Crippen molar-refractivity contribution in [3.05, 3.63) is 47.7 Å². The summed E-state index contributed by atoms with van der Waals surface area (Å²) in [6.45, 7) is 4.84. The van der Waals surface area contributed by atoms with Crippen LogP contribution in [0.3, 0.4) is 0 Å². The van der Waals surface area contributed by atoms with Crippen LogP contribution >= 0.6 is 0 Å². The van der Waals surface area contributed by atoms with Crippen molar-refractivity contribution < 1.29 is 30.1 Å². The molecule has 10 nitrogen and oxygen atoms in total. The number of hydrogen-bond donors (Lipinski definition) is 6. The number of nitrogens with two attached hydrogens (primary N) is 1. The standard InChI is InChI=1S/C16H22N4O.C4H4O4.H2O/c1-9(15-10(2)19-16(21)20-15)11-3-4-14-13(7-11)12(5-6-17)8-18-14;5-3(6)1-2-4(7)8;/h3-4,7-10,15,18H,5-6,17H2,1-2H3,(H2,19,20,21);1-2H,(H,5,6)(H,7,8);1H2. The lowest BCUT2D eigenvalue weighted by Gasteiger charge is -2.22. The first-order valence-corrected chi connectivity index (χ1v) is 9.23. The van der Waals surface area contributed by atoms with E-state index < -0.39 is 11.9 Å². The maximum Gasteiger partial charge on any atom is 0.328 e. The van der Waals surface area contributed by atoms with E-state index in [0.29, 0.717) is 18.7 Å². The molecular formula is C20H28N4O6. The molecule has 1 aliphatic rings. The lowest BCUT2D eigenvalue weighted by Crippen LogP contribution is -2.35. The van der Waals surface area contributed by atoms with Crippen molar-refractivity contribution in [1.82, 2.24) is 15.6 Å². The molecule has 10 heteroatoms. The normalized spacial score (nSPS) is 18.7. The van der Waals surface area contributed by atoms with Gasteiger partial charge in [0.05, 0.1) is 6.04 Å². The molecule has 0 spiro atoms. The summed E-state index contributed by atoms with van der Waals surface area (Å²) < 4.78 is 0.